The van der Waals surface area contributed by atoms with E-state index in [9.17, 15) is 9.59 Å². The van der Waals surface area contributed by atoms with E-state index in [0.29, 0.717) is 13.1 Å². The molecule has 6 nitrogen and oxygen atoms in total. The van der Waals surface area contributed by atoms with Gasteiger partial charge in [-0.05, 0) is 71.9 Å². The molecule has 2 heterocycles. The van der Waals surface area contributed by atoms with Crippen LogP contribution in [0.4, 0.5) is 4.79 Å². The highest BCUT2D eigenvalue weighted by molar-refractivity contribution is 5.84. The molecule has 6 heteroatoms. The second kappa shape index (κ2) is 6.50. The van der Waals surface area contributed by atoms with Crippen LogP contribution in [-0.4, -0.2) is 40.6 Å². The molecule has 1 aromatic heterocycles. The van der Waals surface area contributed by atoms with Gasteiger partial charge in [0.25, 0.3) is 0 Å². The molecule has 3 rings (SSSR count). The van der Waals surface area contributed by atoms with Gasteiger partial charge in [0.1, 0.15) is 5.60 Å². The maximum Gasteiger partial charge on any atom is 0.410 e. The largest absolute Gasteiger partial charge is 0.444 e. The Balaban J connectivity index is 1.58. The molecule has 0 spiro atoms. The van der Waals surface area contributed by atoms with Crippen LogP contribution in [0, 0.1) is 31.6 Å². The number of carbonyl (C=O) groups excluding carboxylic acids is 2. The minimum absolute atomic E-state index is 0.0123. The fourth-order valence-electron chi connectivity index (χ4n) is 4.20. The Morgan fingerprint density at radius 2 is 1.70 bits per heavy atom. The first-order valence-electron chi connectivity index (χ1n) is 9.64. The molecule has 0 bridgehead atoms. The van der Waals surface area contributed by atoms with Crippen molar-refractivity contribution in [1.29, 1.82) is 0 Å². The molecule has 27 heavy (non-hydrogen) atoms. The summed E-state index contributed by atoms with van der Waals surface area (Å²) in [6.45, 7) is 14.7. The molecular weight excluding hydrogens is 342 g/mol. The number of amides is 2. The smallest absolute Gasteiger partial charge is 0.410 e. The number of aromatic nitrogens is 1. The van der Waals surface area contributed by atoms with E-state index in [-0.39, 0.29) is 29.8 Å². The molecule has 2 aliphatic rings. The van der Waals surface area contributed by atoms with Gasteiger partial charge in [0.05, 0.1) is 5.54 Å². The molecule has 2 fully saturated rings. The quantitative estimate of drug-likeness (QED) is 0.883. The van der Waals surface area contributed by atoms with Crippen LogP contribution in [-0.2, 0) is 15.1 Å². The molecule has 0 aromatic carbocycles. The third kappa shape index (κ3) is 4.09. The van der Waals surface area contributed by atoms with Gasteiger partial charge in [0.2, 0.25) is 5.91 Å². The molecule has 1 N–H and O–H groups in total. The zero-order valence-corrected chi connectivity index (χ0v) is 17.4. The molecule has 148 valence electrons. The van der Waals surface area contributed by atoms with Gasteiger partial charge in [-0.25, -0.2) is 4.79 Å². The predicted molar refractivity (Wildman–Crippen MR) is 103 cm³/mol. The van der Waals surface area contributed by atoms with Crippen LogP contribution in [0.15, 0.2) is 12.1 Å². The number of hydrogen-bond donors (Lipinski definition) is 1. The number of carbonyl (C=O) groups is 2. The van der Waals surface area contributed by atoms with Crippen molar-refractivity contribution in [2.75, 3.05) is 13.1 Å². The van der Waals surface area contributed by atoms with E-state index in [1.54, 1.807) is 4.90 Å². The second-order valence-electron chi connectivity index (χ2n) is 9.44. The van der Waals surface area contributed by atoms with Gasteiger partial charge in [0.15, 0.2) is 0 Å². The number of likely N-dealkylation sites (tertiary alicyclic amines) is 1. The van der Waals surface area contributed by atoms with E-state index >= 15 is 0 Å². The Hall–Kier alpha value is -2.11. The summed E-state index contributed by atoms with van der Waals surface area (Å²) in [5.41, 5.74) is 1.96. The molecule has 0 unspecified atom stereocenters. The lowest BCUT2D eigenvalue weighted by atomic mass is 9.92. The number of nitrogens with zero attached hydrogens (tertiary/aromatic N) is 2. The van der Waals surface area contributed by atoms with Crippen LogP contribution in [0.25, 0.3) is 0 Å². The number of pyridine rings is 1. The third-order valence-corrected chi connectivity index (χ3v) is 5.48. The summed E-state index contributed by atoms with van der Waals surface area (Å²) in [5, 5.41) is 3.19. The van der Waals surface area contributed by atoms with E-state index in [0.717, 1.165) is 17.0 Å². The molecule has 1 saturated carbocycles. The summed E-state index contributed by atoms with van der Waals surface area (Å²) in [5.74, 6) is 0.539. The Morgan fingerprint density at radius 3 is 2.22 bits per heavy atom. The van der Waals surface area contributed by atoms with Crippen LogP contribution in [0.2, 0.25) is 0 Å². The molecule has 3 atom stereocenters. The van der Waals surface area contributed by atoms with Crippen molar-refractivity contribution in [3.05, 3.63) is 29.1 Å². The minimum Gasteiger partial charge on any atom is -0.444 e. The van der Waals surface area contributed by atoms with Crippen LogP contribution < -0.4 is 5.32 Å². The zero-order chi connectivity index (χ0) is 20.1. The van der Waals surface area contributed by atoms with Crippen LogP contribution in [0.1, 0.15) is 51.6 Å². The van der Waals surface area contributed by atoms with E-state index < -0.39 is 11.1 Å². The number of fused-ring (bicyclic) bond motifs is 1. The van der Waals surface area contributed by atoms with Gasteiger partial charge in [0, 0.05) is 30.4 Å². The Labute approximate surface area is 161 Å². The normalized spacial score (nSPS) is 24.4. The van der Waals surface area contributed by atoms with Gasteiger partial charge in [-0.3, -0.25) is 9.78 Å². The lowest BCUT2D eigenvalue weighted by Gasteiger charge is -2.29. The molecule has 1 saturated heterocycles. The van der Waals surface area contributed by atoms with Gasteiger partial charge < -0.3 is 15.0 Å². The average molecular weight is 373 g/mol. The van der Waals surface area contributed by atoms with E-state index in [1.165, 1.54) is 0 Å². The highest BCUT2D eigenvalue weighted by Gasteiger charge is 2.61. The first kappa shape index (κ1) is 19.6. The van der Waals surface area contributed by atoms with Crippen molar-refractivity contribution >= 4 is 12.0 Å². The number of piperidine rings is 1. The lowest BCUT2D eigenvalue weighted by molar-refractivity contribution is -0.125. The fraction of sp³-hybridized carbons (Fsp3) is 0.667. The Kier molecular flexibility index (Phi) is 4.73. The lowest BCUT2D eigenvalue weighted by Crippen LogP contribution is -2.44. The SMILES string of the molecule is Cc1ccc(C(C)(C)NC(=O)[C@H]2[C@@H]3CN(C(=O)OC(C)(C)C)C[C@@H]32)c(C)n1. The van der Waals surface area contributed by atoms with Crippen molar-refractivity contribution in [3.8, 4) is 0 Å². The minimum atomic E-state index is -0.495. The van der Waals surface area contributed by atoms with Gasteiger partial charge in [-0.2, -0.15) is 0 Å². The number of aryl methyl sites for hydroxylation is 2. The molecule has 1 aliphatic heterocycles. The standard InChI is InChI=1S/C21H31N3O3/c1-12-8-9-16(13(2)22-12)21(6,7)23-18(25)17-14-10-24(11-15(14)17)19(26)27-20(3,4)5/h8-9,14-15,17H,10-11H2,1-7H3,(H,23,25)/t14-,15+,17+. The number of hydrogen-bond acceptors (Lipinski definition) is 4. The van der Waals surface area contributed by atoms with E-state index in [1.807, 2.05) is 60.6 Å². The summed E-state index contributed by atoms with van der Waals surface area (Å²) in [7, 11) is 0. The number of nitrogens with one attached hydrogen (secondary N) is 1. The molecule has 1 aliphatic carbocycles. The second-order valence-corrected chi connectivity index (χ2v) is 9.44. The van der Waals surface area contributed by atoms with Gasteiger partial charge in [-0.15, -0.1) is 0 Å². The molecule has 1 aromatic rings. The van der Waals surface area contributed by atoms with Crippen LogP contribution >= 0.6 is 0 Å². The van der Waals surface area contributed by atoms with E-state index in [2.05, 4.69) is 10.3 Å². The Bertz CT molecular complexity index is 754. The van der Waals surface area contributed by atoms with Crippen molar-refractivity contribution in [2.24, 2.45) is 17.8 Å². The molecule has 2 amide bonds. The van der Waals surface area contributed by atoms with Gasteiger partial charge in [-0.1, -0.05) is 6.07 Å². The summed E-state index contributed by atoms with van der Waals surface area (Å²) in [4.78, 5) is 31.2. The van der Waals surface area contributed by atoms with Gasteiger partial charge >= 0.3 is 6.09 Å². The molecule has 0 radical (unpaired) electrons. The summed E-state index contributed by atoms with van der Waals surface area (Å²) in [6.07, 6.45) is -0.282. The van der Waals surface area contributed by atoms with Crippen molar-refractivity contribution in [3.63, 3.8) is 0 Å². The van der Waals surface area contributed by atoms with Crippen molar-refractivity contribution in [1.82, 2.24) is 15.2 Å². The predicted octanol–water partition coefficient (Wildman–Crippen LogP) is 3.16. The molecular formula is C21H31N3O3. The topological polar surface area (TPSA) is 71.5 Å². The fourth-order valence-corrected chi connectivity index (χ4v) is 4.20. The first-order chi connectivity index (χ1) is 12.4. The van der Waals surface area contributed by atoms with Crippen LogP contribution in [0.3, 0.4) is 0 Å². The monoisotopic (exact) mass is 373 g/mol. The number of ether oxygens (including phenoxy) is 1. The maximum atomic E-state index is 12.8. The highest BCUT2D eigenvalue weighted by atomic mass is 16.6. The maximum absolute atomic E-state index is 12.8. The summed E-state index contributed by atoms with van der Waals surface area (Å²) in [6, 6.07) is 4.01. The third-order valence-electron chi connectivity index (χ3n) is 5.48. The van der Waals surface area contributed by atoms with Crippen molar-refractivity contribution in [2.45, 2.75) is 59.6 Å². The number of rotatable bonds is 3. The zero-order valence-electron chi connectivity index (χ0n) is 17.4. The summed E-state index contributed by atoms with van der Waals surface area (Å²) < 4.78 is 5.43. The first-order valence-corrected chi connectivity index (χ1v) is 9.64. The average Bonchev–Trinajstić information content (AvgIpc) is 2.99. The van der Waals surface area contributed by atoms with Crippen LogP contribution in [0.5, 0.6) is 0 Å². The Morgan fingerprint density at radius 1 is 1.11 bits per heavy atom. The highest BCUT2D eigenvalue weighted by Crippen LogP contribution is 2.52. The summed E-state index contributed by atoms with van der Waals surface area (Å²) >= 11 is 0. The van der Waals surface area contributed by atoms with Crippen molar-refractivity contribution < 1.29 is 14.3 Å². The van der Waals surface area contributed by atoms with E-state index in [4.69, 9.17) is 4.74 Å².